The van der Waals surface area contributed by atoms with E-state index >= 15 is 0 Å². The van der Waals surface area contributed by atoms with Gasteiger partial charge in [0, 0.05) is 31.3 Å². The molecule has 36 heavy (non-hydrogen) atoms. The average Bonchev–Trinajstić information content (AvgIpc) is 3.53. The van der Waals surface area contributed by atoms with Gasteiger partial charge in [-0.3, -0.25) is 19.2 Å². The normalized spacial score (nSPS) is 17.7. The Balaban J connectivity index is 2.09. The van der Waals surface area contributed by atoms with Gasteiger partial charge < -0.3 is 42.2 Å². The van der Waals surface area contributed by atoms with Gasteiger partial charge >= 0.3 is 11.9 Å². The van der Waals surface area contributed by atoms with Gasteiger partial charge in [0.25, 0.3) is 0 Å². The zero-order chi connectivity index (χ0) is 26.7. The summed E-state index contributed by atoms with van der Waals surface area (Å²) in [5.41, 5.74) is 11.9. The number of aliphatic carboxylic acids is 2. The van der Waals surface area contributed by atoms with E-state index in [1.165, 1.54) is 17.4 Å². The van der Waals surface area contributed by atoms with Gasteiger partial charge in [-0.05, 0) is 45.1 Å². The van der Waals surface area contributed by atoms with Crippen molar-refractivity contribution < 1.29 is 34.2 Å². The minimum absolute atomic E-state index is 0.00621. The number of rotatable bonds is 15. The summed E-state index contributed by atoms with van der Waals surface area (Å²) >= 11 is 0. The predicted octanol–water partition coefficient (Wildman–Crippen LogP) is -1.68. The number of imidazole rings is 1. The van der Waals surface area contributed by atoms with Crippen molar-refractivity contribution in [2.45, 2.75) is 75.5 Å². The first-order valence-corrected chi connectivity index (χ1v) is 11.9. The first-order chi connectivity index (χ1) is 17.1. The topological polar surface area (TPSA) is 234 Å². The van der Waals surface area contributed by atoms with Gasteiger partial charge in [-0.15, -0.1) is 0 Å². The number of hydrogen-bond donors (Lipinski definition) is 7. The van der Waals surface area contributed by atoms with E-state index < -0.39 is 53.8 Å². The number of likely N-dealkylation sites (tertiary alicyclic amines) is 1. The summed E-state index contributed by atoms with van der Waals surface area (Å²) in [6.07, 6.45) is 4.76. The number of carbonyl (C=O) groups is 5. The van der Waals surface area contributed by atoms with E-state index in [1.54, 1.807) is 0 Å². The standard InChI is InChI=1S/C22H35N7O7/c23-8-2-1-4-15(27-19(32)14(24)6-7-18(30)31)21(34)29-9-3-5-17(29)20(33)28-16(22(35)36)10-13-11-25-12-26-13/h11-12,14-17H,1-10,23-24H2,(H,25,26)(H,27,32)(H,28,33)(H,30,31)(H,35,36). The zero-order valence-corrected chi connectivity index (χ0v) is 20.0. The minimum Gasteiger partial charge on any atom is -0.481 e. The predicted molar refractivity (Wildman–Crippen MR) is 126 cm³/mol. The summed E-state index contributed by atoms with van der Waals surface area (Å²) in [6.45, 7) is 0.665. The molecule has 3 amide bonds. The molecule has 1 aliphatic heterocycles. The molecule has 9 N–H and O–H groups in total. The van der Waals surface area contributed by atoms with Crippen LogP contribution in [-0.4, -0.2) is 92.0 Å². The van der Waals surface area contributed by atoms with Crippen molar-refractivity contribution in [1.82, 2.24) is 25.5 Å². The van der Waals surface area contributed by atoms with Gasteiger partial charge in [0.15, 0.2) is 0 Å². The van der Waals surface area contributed by atoms with Crippen LogP contribution in [-0.2, 0) is 30.4 Å². The molecular weight excluding hydrogens is 474 g/mol. The number of carboxylic acid groups (broad SMARTS) is 2. The lowest BCUT2D eigenvalue weighted by Gasteiger charge is -2.30. The molecular formula is C22H35N7O7. The fraction of sp³-hybridized carbons (Fsp3) is 0.636. The van der Waals surface area contributed by atoms with Crippen molar-refractivity contribution in [2.75, 3.05) is 13.1 Å². The van der Waals surface area contributed by atoms with Gasteiger partial charge in [-0.2, -0.15) is 0 Å². The Morgan fingerprint density at radius 3 is 2.50 bits per heavy atom. The Bertz CT molecular complexity index is 909. The highest BCUT2D eigenvalue weighted by Crippen LogP contribution is 2.20. The number of unbranched alkanes of at least 4 members (excludes halogenated alkanes) is 1. The van der Waals surface area contributed by atoms with E-state index in [0.717, 1.165) is 0 Å². The number of carboxylic acids is 2. The Morgan fingerprint density at radius 2 is 1.89 bits per heavy atom. The van der Waals surface area contributed by atoms with Crippen LogP contribution in [0, 0.1) is 0 Å². The SMILES string of the molecule is NCCCCC(NC(=O)C(N)CCC(=O)O)C(=O)N1CCCC1C(=O)NC(Cc1cnc[nH]1)C(=O)O. The molecule has 1 aromatic heterocycles. The summed E-state index contributed by atoms with van der Waals surface area (Å²) in [4.78, 5) is 69.4. The molecule has 2 rings (SSSR count). The quantitative estimate of drug-likeness (QED) is 0.133. The summed E-state index contributed by atoms with van der Waals surface area (Å²) < 4.78 is 0. The second-order valence-corrected chi connectivity index (χ2v) is 8.75. The number of nitrogens with two attached hydrogens (primary N) is 2. The molecule has 200 valence electrons. The number of aromatic nitrogens is 2. The van der Waals surface area contributed by atoms with E-state index in [2.05, 4.69) is 20.6 Å². The van der Waals surface area contributed by atoms with E-state index in [4.69, 9.17) is 16.6 Å². The zero-order valence-electron chi connectivity index (χ0n) is 20.0. The van der Waals surface area contributed by atoms with Crippen molar-refractivity contribution in [3.8, 4) is 0 Å². The van der Waals surface area contributed by atoms with Crippen molar-refractivity contribution in [3.63, 3.8) is 0 Å². The molecule has 0 bridgehead atoms. The van der Waals surface area contributed by atoms with Gasteiger partial charge in [0.2, 0.25) is 17.7 Å². The van der Waals surface area contributed by atoms with Crippen LogP contribution in [0.2, 0.25) is 0 Å². The second-order valence-electron chi connectivity index (χ2n) is 8.75. The monoisotopic (exact) mass is 509 g/mol. The maximum absolute atomic E-state index is 13.4. The van der Waals surface area contributed by atoms with Gasteiger partial charge in [0.05, 0.1) is 12.4 Å². The Hall–Kier alpha value is -3.52. The summed E-state index contributed by atoms with van der Waals surface area (Å²) in [6, 6.07) is -4.20. The number of nitrogens with zero attached hydrogens (tertiary/aromatic N) is 2. The Kier molecular flexibility index (Phi) is 11.3. The highest BCUT2D eigenvalue weighted by Gasteiger charge is 2.39. The summed E-state index contributed by atoms with van der Waals surface area (Å²) in [5, 5.41) is 23.4. The molecule has 1 aliphatic rings. The molecule has 4 unspecified atom stereocenters. The van der Waals surface area contributed by atoms with E-state index in [-0.39, 0.29) is 32.2 Å². The number of hydrogen-bond acceptors (Lipinski definition) is 8. The summed E-state index contributed by atoms with van der Waals surface area (Å²) in [5.74, 6) is -4.06. The van der Waals surface area contributed by atoms with Gasteiger partial charge in [0.1, 0.15) is 18.1 Å². The van der Waals surface area contributed by atoms with E-state index in [9.17, 15) is 29.1 Å². The van der Waals surface area contributed by atoms with Crippen LogP contribution in [0.4, 0.5) is 0 Å². The van der Waals surface area contributed by atoms with Gasteiger partial charge in [-0.1, -0.05) is 0 Å². The van der Waals surface area contributed by atoms with Gasteiger partial charge in [-0.25, -0.2) is 9.78 Å². The van der Waals surface area contributed by atoms with Crippen LogP contribution in [0.25, 0.3) is 0 Å². The lowest BCUT2D eigenvalue weighted by atomic mass is 10.1. The maximum atomic E-state index is 13.4. The molecule has 0 radical (unpaired) electrons. The lowest BCUT2D eigenvalue weighted by Crippen LogP contribution is -2.57. The first-order valence-electron chi connectivity index (χ1n) is 11.9. The Morgan fingerprint density at radius 1 is 1.14 bits per heavy atom. The van der Waals surface area contributed by atoms with Crippen molar-refractivity contribution >= 4 is 29.7 Å². The second kappa shape index (κ2) is 14.1. The molecule has 0 aromatic carbocycles. The fourth-order valence-electron chi connectivity index (χ4n) is 4.03. The van der Waals surface area contributed by atoms with Crippen LogP contribution in [0.15, 0.2) is 12.5 Å². The fourth-order valence-corrected chi connectivity index (χ4v) is 4.03. The molecule has 1 aromatic rings. The molecule has 0 saturated carbocycles. The van der Waals surface area contributed by atoms with Crippen molar-refractivity contribution in [3.05, 3.63) is 18.2 Å². The third-order valence-corrected chi connectivity index (χ3v) is 6.00. The molecule has 4 atom stereocenters. The first kappa shape index (κ1) is 28.7. The smallest absolute Gasteiger partial charge is 0.326 e. The number of amides is 3. The molecule has 2 heterocycles. The summed E-state index contributed by atoms with van der Waals surface area (Å²) in [7, 11) is 0. The molecule has 14 heteroatoms. The third kappa shape index (κ3) is 8.61. The van der Waals surface area contributed by atoms with E-state index in [1.807, 2.05) is 0 Å². The highest BCUT2D eigenvalue weighted by molar-refractivity contribution is 5.94. The lowest BCUT2D eigenvalue weighted by molar-refractivity contribution is -0.145. The maximum Gasteiger partial charge on any atom is 0.326 e. The molecule has 1 saturated heterocycles. The van der Waals surface area contributed by atoms with Crippen LogP contribution in [0.1, 0.15) is 50.6 Å². The minimum atomic E-state index is -1.23. The number of H-pyrrole nitrogens is 1. The average molecular weight is 510 g/mol. The number of nitrogens with one attached hydrogen (secondary N) is 3. The number of aromatic amines is 1. The van der Waals surface area contributed by atoms with Crippen molar-refractivity contribution in [1.29, 1.82) is 0 Å². The Labute approximate surface area is 208 Å². The highest BCUT2D eigenvalue weighted by atomic mass is 16.4. The molecule has 0 aliphatic carbocycles. The van der Waals surface area contributed by atoms with E-state index in [0.29, 0.717) is 37.9 Å². The number of carbonyl (C=O) groups excluding carboxylic acids is 3. The molecule has 0 spiro atoms. The molecule has 14 nitrogen and oxygen atoms in total. The molecule has 1 fully saturated rings. The van der Waals surface area contributed by atoms with Crippen LogP contribution in [0.5, 0.6) is 0 Å². The third-order valence-electron chi connectivity index (χ3n) is 6.00. The van der Waals surface area contributed by atoms with Crippen LogP contribution in [0.3, 0.4) is 0 Å². The van der Waals surface area contributed by atoms with Crippen LogP contribution >= 0.6 is 0 Å². The van der Waals surface area contributed by atoms with Crippen molar-refractivity contribution in [2.24, 2.45) is 11.5 Å². The largest absolute Gasteiger partial charge is 0.481 e. The van der Waals surface area contributed by atoms with Crippen LogP contribution < -0.4 is 22.1 Å².